The topological polar surface area (TPSA) is 75.7 Å². The minimum atomic E-state index is -3.43. The minimum absolute atomic E-state index is 0.191. The Kier molecular flexibility index (Phi) is 4.51. The van der Waals surface area contributed by atoms with Gasteiger partial charge in [-0.05, 0) is 20.8 Å². The van der Waals surface area contributed by atoms with Crippen LogP contribution < -0.4 is 5.32 Å². The lowest BCUT2D eigenvalue weighted by atomic mass is 10.2. The maximum Gasteiger partial charge on any atom is 0.258 e. The van der Waals surface area contributed by atoms with Gasteiger partial charge in [0, 0.05) is 26.2 Å². The first-order valence-corrected chi connectivity index (χ1v) is 7.15. The summed E-state index contributed by atoms with van der Waals surface area (Å²) in [6.45, 7) is 7.32. The smallest absolute Gasteiger partial charge is 0.258 e. The van der Waals surface area contributed by atoms with Gasteiger partial charge in [-0.1, -0.05) is 0 Å². The van der Waals surface area contributed by atoms with Gasteiger partial charge in [-0.2, -0.15) is 0 Å². The predicted molar refractivity (Wildman–Crippen MR) is 64.1 cm³/mol. The van der Waals surface area contributed by atoms with Crippen molar-refractivity contribution in [1.29, 1.82) is 0 Å². The van der Waals surface area contributed by atoms with Crippen LogP contribution in [0.4, 0.5) is 0 Å². The number of rotatable bonds is 7. The summed E-state index contributed by atoms with van der Waals surface area (Å²) in [5, 5.41) is 3.02. The number of sulfonamides is 1. The molecule has 0 atom stereocenters. The number of hydrogen-bond donors (Lipinski definition) is 1. The second-order valence-corrected chi connectivity index (χ2v) is 6.75. The Morgan fingerprint density at radius 3 is 2.53 bits per heavy atom. The van der Waals surface area contributed by atoms with Crippen molar-refractivity contribution >= 4 is 15.9 Å². The van der Waals surface area contributed by atoms with Crippen LogP contribution >= 0.6 is 0 Å². The van der Waals surface area contributed by atoms with Gasteiger partial charge < -0.3 is 10.1 Å². The highest BCUT2D eigenvalue weighted by atomic mass is 32.2. The molecule has 0 aliphatic carbocycles. The van der Waals surface area contributed by atoms with Crippen molar-refractivity contribution in [3.8, 4) is 0 Å². The lowest BCUT2D eigenvalue weighted by molar-refractivity contribution is -0.132. The van der Waals surface area contributed by atoms with E-state index < -0.39 is 14.8 Å². The van der Waals surface area contributed by atoms with Crippen molar-refractivity contribution in [2.45, 2.75) is 25.5 Å². The third kappa shape index (κ3) is 2.61. The molecule has 100 valence electrons. The van der Waals surface area contributed by atoms with Crippen molar-refractivity contribution in [3.63, 3.8) is 0 Å². The molecule has 1 fully saturated rings. The number of ether oxygens (including phenoxy) is 1. The van der Waals surface area contributed by atoms with Crippen molar-refractivity contribution < 1.29 is 17.9 Å². The normalized spacial score (nSPS) is 21.4. The molecule has 0 saturated carbocycles. The van der Waals surface area contributed by atoms with Crippen molar-refractivity contribution in [2.24, 2.45) is 0 Å². The van der Waals surface area contributed by atoms with E-state index in [9.17, 15) is 13.2 Å². The summed E-state index contributed by atoms with van der Waals surface area (Å²) < 4.78 is 28.2. The van der Waals surface area contributed by atoms with E-state index in [4.69, 9.17) is 4.74 Å². The van der Waals surface area contributed by atoms with E-state index in [1.165, 1.54) is 13.8 Å². The molecule has 0 aromatic rings. The van der Waals surface area contributed by atoms with Gasteiger partial charge in [0.05, 0.1) is 6.61 Å². The van der Waals surface area contributed by atoms with Crippen LogP contribution in [-0.2, 0) is 19.6 Å². The molecule has 1 rings (SSSR count). The molecule has 17 heavy (non-hydrogen) atoms. The van der Waals surface area contributed by atoms with Crippen molar-refractivity contribution in [3.05, 3.63) is 0 Å². The fourth-order valence-electron chi connectivity index (χ4n) is 1.57. The van der Waals surface area contributed by atoms with E-state index in [2.05, 4.69) is 5.32 Å². The quantitative estimate of drug-likeness (QED) is 0.631. The summed E-state index contributed by atoms with van der Waals surface area (Å²) in [5.74, 6) is -0.330. The predicted octanol–water partition coefficient (Wildman–Crippen LogP) is -0.437. The molecule has 0 spiro atoms. The molecule has 1 N–H and O–H groups in total. The van der Waals surface area contributed by atoms with E-state index in [0.717, 1.165) is 4.31 Å². The fraction of sp³-hybridized carbons (Fsp3) is 0.900. The van der Waals surface area contributed by atoms with Crippen LogP contribution in [0.5, 0.6) is 0 Å². The molecular formula is C10H20N2O4S. The molecule has 6 nitrogen and oxygen atoms in total. The Morgan fingerprint density at radius 1 is 1.35 bits per heavy atom. The number of nitrogens with zero attached hydrogens (tertiary/aromatic N) is 1. The lowest BCUT2D eigenvalue weighted by Gasteiger charge is -2.43. The number of amides is 1. The number of nitrogens with one attached hydrogen (secondary N) is 1. The highest BCUT2D eigenvalue weighted by molar-refractivity contribution is 7.94. The molecular weight excluding hydrogens is 244 g/mol. The van der Waals surface area contributed by atoms with Crippen molar-refractivity contribution in [1.82, 2.24) is 9.62 Å². The molecule has 0 unspecified atom stereocenters. The Hall–Kier alpha value is -0.660. The van der Waals surface area contributed by atoms with Gasteiger partial charge in [-0.25, -0.2) is 12.7 Å². The highest BCUT2D eigenvalue weighted by Crippen LogP contribution is 2.34. The summed E-state index contributed by atoms with van der Waals surface area (Å²) in [5.41, 5.74) is 0. The van der Waals surface area contributed by atoms with E-state index in [1.54, 1.807) is 0 Å². The van der Waals surface area contributed by atoms with Crippen LogP contribution in [0, 0.1) is 0 Å². The summed E-state index contributed by atoms with van der Waals surface area (Å²) in [6, 6.07) is 0. The van der Waals surface area contributed by atoms with Crippen molar-refractivity contribution in [2.75, 3.05) is 32.8 Å². The molecule has 1 saturated heterocycles. The molecule has 7 heteroatoms. The molecule has 1 amide bonds. The van der Waals surface area contributed by atoms with Crippen LogP contribution in [0.3, 0.4) is 0 Å². The molecule has 1 heterocycles. The van der Waals surface area contributed by atoms with Crippen LogP contribution in [-0.4, -0.2) is 56.2 Å². The Morgan fingerprint density at radius 2 is 2.00 bits per heavy atom. The van der Waals surface area contributed by atoms with Gasteiger partial charge in [0.1, 0.15) is 0 Å². The van der Waals surface area contributed by atoms with E-state index in [0.29, 0.717) is 26.3 Å². The molecule has 0 aromatic heterocycles. The maximum absolute atomic E-state index is 11.7. The number of hydrogen-bond acceptors (Lipinski definition) is 5. The SMILES string of the molecule is CCOCCNCCN1C(=O)C(C)(C)S1(=O)=O. The zero-order chi connectivity index (χ0) is 13.1. The minimum Gasteiger partial charge on any atom is -0.380 e. The summed E-state index contributed by atoms with van der Waals surface area (Å²) in [7, 11) is -3.43. The summed E-state index contributed by atoms with van der Waals surface area (Å²) in [6.07, 6.45) is 0. The fourth-order valence-corrected chi connectivity index (χ4v) is 3.10. The first-order valence-electron chi connectivity index (χ1n) is 5.71. The third-order valence-electron chi connectivity index (χ3n) is 2.80. The third-order valence-corrected chi connectivity index (χ3v) is 5.19. The van der Waals surface area contributed by atoms with Gasteiger partial charge >= 0.3 is 0 Å². The average molecular weight is 264 g/mol. The average Bonchev–Trinajstić information content (AvgIpc) is 2.26. The highest BCUT2D eigenvalue weighted by Gasteiger charge is 2.59. The first kappa shape index (κ1) is 14.4. The molecule has 1 aliphatic rings. The van der Waals surface area contributed by atoms with Gasteiger partial charge in [-0.3, -0.25) is 4.79 Å². The number of carbonyl (C=O) groups is 1. The first-order chi connectivity index (χ1) is 7.85. The van der Waals surface area contributed by atoms with Gasteiger partial charge in [0.25, 0.3) is 15.9 Å². The van der Waals surface area contributed by atoms with Crippen LogP contribution in [0.2, 0.25) is 0 Å². The zero-order valence-electron chi connectivity index (χ0n) is 10.5. The molecule has 1 aliphatic heterocycles. The van der Waals surface area contributed by atoms with Gasteiger partial charge in [-0.15, -0.1) is 0 Å². The van der Waals surface area contributed by atoms with E-state index >= 15 is 0 Å². The molecule has 0 radical (unpaired) electrons. The lowest BCUT2D eigenvalue weighted by Crippen LogP contribution is -2.68. The molecule has 0 aromatic carbocycles. The van der Waals surface area contributed by atoms with E-state index in [1.807, 2.05) is 6.92 Å². The Bertz CT molecular complexity index is 378. The Balaban J connectivity index is 2.28. The summed E-state index contributed by atoms with van der Waals surface area (Å²) in [4.78, 5) is 11.6. The standard InChI is InChI=1S/C10H20N2O4S/c1-4-16-8-6-11-5-7-12-9(13)10(2,3)17(12,14)15/h11H,4-8H2,1-3H3. The van der Waals surface area contributed by atoms with Crippen LogP contribution in [0.25, 0.3) is 0 Å². The zero-order valence-corrected chi connectivity index (χ0v) is 11.3. The second kappa shape index (κ2) is 5.32. The summed E-state index contributed by atoms with van der Waals surface area (Å²) >= 11 is 0. The molecule has 0 bridgehead atoms. The van der Waals surface area contributed by atoms with Gasteiger partial charge in [0.2, 0.25) is 0 Å². The van der Waals surface area contributed by atoms with E-state index in [-0.39, 0.29) is 12.5 Å². The number of carbonyl (C=O) groups excluding carboxylic acids is 1. The monoisotopic (exact) mass is 264 g/mol. The largest absolute Gasteiger partial charge is 0.380 e. The second-order valence-electron chi connectivity index (χ2n) is 4.34. The van der Waals surface area contributed by atoms with Crippen LogP contribution in [0.15, 0.2) is 0 Å². The van der Waals surface area contributed by atoms with Gasteiger partial charge in [0.15, 0.2) is 4.75 Å². The maximum atomic E-state index is 11.7. The van der Waals surface area contributed by atoms with Crippen LogP contribution in [0.1, 0.15) is 20.8 Å². The Labute approximate surface area is 102 Å².